The molecule has 0 heterocycles. The summed E-state index contributed by atoms with van der Waals surface area (Å²) >= 11 is 0. The van der Waals surface area contributed by atoms with Gasteiger partial charge in [0.2, 0.25) is 0 Å². The highest BCUT2D eigenvalue weighted by Crippen LogP contribution is 2.67. The number of aliphatic hydroxyl groups excluding tert-OH is 1. The summed E-state index contributed by atoms with van der Waals surface area (Å²) in [5, 5.41) is 19.7. The van der Waals surface area contributed by atoms with Crippen molar-refractivity contribution >= 4 is 11.8 Å². The van der Waals surface area contributed by atoms with Crippen LogP contribution in [-0.4, -0.2) is 28.1 Å². The summed E-state index contributed by atoms with van der Waals surface area (Å²) in [5.74, 6) is 0.928. The molecule has 0 aromatic carbocycles. The van der Waals surface area contributed by atoms with Gasteiger partial charge in [0.05, 0.1) is 12.0 Å². The lowest BCUT2D eigenvalue weighted by atomic mass is 9.44. The molecule has 4 saturated carbocycles. The molecule has 146 valence electrons. The number of hydrogen-bond acceptors (Lipinski definition) is 3. The second-order valence-electron chi connectivity index (χ2n) is 10.4. The van der Waals surface area contributed by atoms with Gasteiger partial charge in [-0.2, -0.15) is 0 Å². The summed E-state index contributed by atoms with van der Waals surface area (Å²) in [7, 11) is 0. The number of carbonyl (C=O) groups is 2. The Morgan fingerprint density at radius 2 is 1.85 bits per heavy atom. The lowest BCUT2D eigenvalue weighted by molar-refractivity contribution is -0.165. The highest BCUT2D eigenvalue weighted by Gasteiger charge is 2.63. The zero-order valence-corrected chi connectivity index (χ0v) is 16.4. The van der Waals surface area contributed by atoms with Crippen molar-refractivity contribution in [2.45, 2.75) is 78.2 Å². The summed E-state index contributed by atoms with van der Waals surface area (Å²) in [5.41, 5.74) is -0.107. The monoisotopic (exact) mass is 362 g/mol. The van der Waals surface area contributed by atoms with Crippen LogP contribution in [0.25, 0.3) is 0 Å². The number of carbonyl (C=O) groups excluding carboxylic acids is 1. The number of aliphatic carboxylic acids is 1. The smallest absolute Gasteiger partial charge is 0.306 e. The third kappa shape index (κ3) is 2.43. The van der Waals surface area contributed by atoms with Crippen LogP contribution < -0.4 is 0 Å². The Morgan fingerprint density at radius 3 is 2.54 bits per heavy atom. The average molecular weight is 363 g/mol. The standard InChI is InChI=1S/C22H34O4/c1-12(20(25)26)16-6-7-17-15-5-4-13-10-14(23)8-9-21(13,2)19(15)18(24)11-22(16,17)3/h12-17,19,23H,4-11H2,1-3H3,(H,25,26)/t12-,13-,14+,15-,16+,17-,19+,21-,22+/m0/s1. The number of Topliss-reactive ketones (excluding diaryl/α,β-unsaturated/α-hetero) is 1. The van der Waals surface area contributed by atoms with Gasteiger partial charge in [-0.25, -0.2) is 0 Å². The fraction of sp³-hybridized carbons (Fsp3) is 0.909. The molecule has 2 N–H and O–H groups in total. The van der Waals surface area contributed by atoms with Crippen molar-refractivity contribution in [1.29, 1.82) is 0 Å². The molecule has 4 aliphatic rings. The van der Waals surface area contributed by atoms with Gasteiger partial charge in [-0.05, 0) is 79.4 Å². The van der Waals surface area contributed by atoms with E-state index in [0.29, 0.717) is 30.0 Å². The first kappa shape index (κ1) is 18.5. The van der Waals surface area contributed by atoms with Crippen LogP contribution in [-0.2, 0) is 9.59 Å². The fourth-order valence-electron chi connectivity index (χ4n) is 8.08. The quantitative estimate of drug-likeness (QED) is 0.781. The molecule has 9 atom stereocenters. The number of carboxylic acids is 1. The van der Waals surface area contributed by atoms with Crippen LogP contribution in [0.2, 0.25) is 0 Å². The van der Waals surface area contributed by atoms with Gasteiger partial charge in [-0.15, -0.1) is 0 Å². The molecule has 0 aromatic heterocycles. The minimum Gasteiger partial charge on any atom is -0.481 e. The first-order chi connectivity index (χ1) is 12.2. The maximum Gasteiger partial charge on any atom is 0.306 e. The SMILES string of the molecule is C[C@H](C(=O)O)[C@H]1CC[C@H]2[C@@H]3CC[C@H]4C[C@H](O)CC[C@]4(C)[C@H]3C(=O)C[C@]12C. The van der Waals surface area contributed by atoms with Crippen molar-refractivity contribution in [3.8, 4) is 0 Å². The van der Waals surface area contributed by atoms with Crippen LogP contribution in [0, 0.1) is 46.3 Å². The van der Waals surface area contributed by atoms with E-state index in [4.69, 9.17) is 0 Å². The molecule has 0 spiro atoms. The minimum absolute atomic E-state index is 0.0388. The molecule has 0 aliphatic heterocycles. The minimum atomic E-state index is -0.719. The van der Waals surface area contributed by atoms with Crippen molar-refractivity contribution in [3.05, 3.63) is 0 Å². The lowest BCUT2D eigenvalue weighted by Crippen LogP contribution is -2.58. The Morgan fingerprint density at radius 1 is 1.12 bits per heavy atom. The predicted octanol–water partition coefficient (Wildman–Crippen LogP) is 3.91. The molecule has 0 aromatic rings. The van der Waals surface area contributed by atoms with Crippen LogP contribution >= 0.6 is 0 Å². The number of ketones is 1. The first-order valence-electron chi connectivity index (χ1n) is 10.6. The molecule has 0 bridgehead atoms. The Labute approximate surface area is 156 Å². The Hall–Kier alpha value is -0.900. The number of rotatable bonds is 2. The fourth-order valence-corrected chi connectivity index (χ4v) is 8.08. The zero-order valence-electron chi connectivity index (χ0n) is 16.4. The zero-order chi connectivity index (χ0) is 18.9. The summed E-state index contributed by atoms with van der Waals surface area (Å²) in [6.07, 6.45) is 7.24. The summed E-state index contributed by atoms with van der Waals surface area (Å²) in [4.78, 5) is 25.1. The highest BCUT2D eigenvalue weighted by atomic mass is 16.4. The molecule has 4 rings (SSSR count). The molecule has 4 aliphatic carbocycles. The van der Waals surface area contributed by atoms with E-state index in [1.54, 1.807) is 0 Å². The van der Waals surface area contributed by atoms with Crippen LogP contribution in [0.5, 0.6) is 0 Å². The predicted molar refractivity (Wildman–Crippen MR) is 98.4 cm³/mol. The molecular formula is C22H34O4. The van der Waals surface area contributed by atoms with Crippen LogP contribution in [0.3, 0.4) is 0 Å². The van der Waals surface area contributed by atoms with Crippen molar-refractivity contribution in [2.75, 3.05) is 0 Å². The highest BCUT2D eigenvalue weighted by molar-refractivity contribution is 5.84. The van der Waals surface area contributed by atoms with E-state index in [0.717, 1.165) is 44.9 Å². The number of hydrogen-bond donors (Lipinski definition) is 2. The molecule has 4 fully saturated rings. The third-order valence-electron chi connectivity index (χ3n) is 9.39. The molecule has 4 nitrogen and oxygen atoms in total. The van der Waals surface area contributed by atoms with E-state index < -0.39 is 5.97 Å². The Bertz CT molecular complexity index is 615. The summed E-state index contributed by atoms with van der Waals surface area (Å²) in [6, 6.07) is 0. The van der Waals surface area contributed by atoms with Crippen molar-refractivity contribution in [1.82, 2.24) is 0 Å². The molecular weight excluding hydrogens is 328 g/mol. The molecule has 0 unspecified atom stereocenters. The van der Waals surface area contributed by atoms with E-state index >= 15 is 0 Å². The maximum atomic E-state index is 13.4. The lowest BCUT2D eigenvalue weighted by Gasteiger charge is -2.60. The van der Waals surface area contributed by atoms with E-state index in [-0.39, 0.29) is 34.7 Å². The van der Waals surface area contributed by atoms with Crippen LogP contribution in [0.15, 0.2) is 0 Å². The number of carboxylic acid groups (broad SMARTS) is 1. The van der Waals surface area contributed by atoms with Gasteiger partial charge >= 0.3 is 5.97 Å². The third-order valence-corrected chi connectivity index (χ3v) is 9.39. The molecule has 0 radical (unpaired) electrons. The average Bonchev–Trinajstić information content (AvgIpc) is 2.90. The van der Waals surface area contributed by atoms with Crippen LogP contribution in [0.1, 0.15) is 72.1 Å². The van der Waals surface area contributed by atoms with E-state index in [2.05, 4.69) is 13.8 Å². The second kappa shape index (κ2) is 6.05. The van der Waals surface area contributed by atoms with Gasteiger partial charge in [-0.1, -0.05) is 20.8 Å². The molecule has 26 heavy (non-hydrogen) atoms. The van der Waals surface area contributed by atoms with Crippen molar-refractivity contribution < 1.29 is 19.8 Å². The van der Waals surface area contributed by atoms with Crippen LogP contribution in [0.4, 0.5) is 0 Å². The van der Waals surface area contributed by atoms with Crippen molar-refractivity contribution in [3.63, 3.8) is 0 Å². The largest absolute Gasteiger partial charge is 0.481 e. The molecule has 0 amide bonds. The van der Waals surface area contributed by atoms with E-state index in [1.807, 2.05) is 6.92 Å². The summed E-state index contributed by atoms with van der Waals surface area (Å²) in [6.45, 7) is 6.35. The van der Waals surface area contributed by atoms with Gasteiger partial charge in [0, 0.05) is 12.3 Å². The van der Waals surface area contributed by atoms with Gasteiger partial charge in [0.15, 0.2) is 0 Å². The maximum absolute atomic E-state index is 13.4. The molecule has 0 saturated heterocycles. The van der Waals surface area contributed by atoms with Gasteiger partial charge in [0.25, 0.3) is 0 Å². The Kier molecular flexibility index (Phi) is 4.30. The molecule has 4 heteroatoms. The number of fused-ring (bicyclic) bond motifs is 5. The summed E-state index contributed by atoms with van der Waals surface area (Å²) < 4.78 is 0. The van der Waals surface area contributed by atoms with E-state index in [1.165, 1.54) is 0 Å². The van der Waals surface area contributed by atoms with E-state index in [9.17, 15) is 19.8 Å². The van der Waals surface area contributed by atoms with Crippen molar-refractivity contribution in [2.24, 2.45) is 46.3 Å². The van der Waals surface area contributed by atoms with Gasteiger partial charge in [-0.3, -0.25) is 9.59 Å². The van der Waals surface area contributed by atoms with Gasteiger partial charge < -0.3 is 10.2 Å². The normalized spacial score (nSPS) is 51.9. The second-order valence-corrected chi connectivity index (χ2v) is 10.4. The number of aliphatic hydroxyl groups is 1. The van der Waals surface area contributed by atoms with Gasteiger partial charge in [0.1, 0.15) is 5.78 Å². The Balaban J connectivity index is 1.65. The first-order valence-corrected chi connectivity index (χ1v) is 10.6. The topological polar surface area (TPSA) is 74.6 Å².